The zero-order chi connectivity index (χ0) is 28.6. The second-order valence-electron chi connectivity index (χ2n) is 10.6. The number of aromatic nitrogens is 1. The highest BCUT2D eigenvalue weighted by Gasteiger charge is 2.32. The summed E-state index contributed by atoms with van der Waals surface area (Å²) in [6.07, 6.45) is 5.46. The number of ether oxygens (including phenoxy) is 1. The van der Waals surface area contributed by atoms with Crippen LogP contribution in [0.1, 0.15) is 47.8 Å². The molecule has 2 aromatic heterocycles. The molecule has 0 aliphatic heterocycles. The topological polar surface area (TPSA) is 45.7 Å². The number of anilines is 1. The van der Waals surface area contributed by atoms with E-state index in [-0.39, 0.29) is 38.5 Å². The van der Waals surface area contributed by atoms with Crippen molar-refractivity contribution < 1.29 is 18.3 Å². The second-order valence-corrected chi connectivity index (χ2v) is 12.0. The number of thiophene rings is 1. The van der Waals surface area contributed by atoms with Gasteiger partial charge in [-0.25, -0.2) is 13.8 Å². The standard InChI is InChI=1S/C31H32ClF2N3O2S/c1-18-5-8-22(9-6-18)37(31(38)30-28(32)27-23(33)10-11-24(34)29(27)40-30)17-21-15-19(7-12-25(21)39-4)20-13-14-35-26(16-20)36(2)3/h7,10-16,18,22H,5-6,8-9,17H2,1-4H3. The first-order valence-corrected chi connectivity index (χ1v) is 14.5. The van der Waals surface area contributed by atoms with Crippen molar-refractivity contribution >= 4 is 44.7 Å². The van der Waals surface area contributed by atoms with Gasteiger partial charge in [0.2, 0.25) is 0 Å². The van der Waals surface area contributed by atoms with Crippen LogP contribution in [-0.4, -0.2) is 43.0 Å². The summed E-state index contributed by atoms with van der Waals surface area (Å²) in [6, 6.07) is 12.0. The molecule has 0 unspecified atom stereocenters. The molecule has 9 heteroatoms. The lowest BCUT2D eigenvalue weighted by Crippen LogP contribution is -2.41. The fourth-order valence-corrected chi connectivity index (χ4v) is 6.90. The van der Waals surface area contributed by atoms with E-state index in [1.54, 1.807) is 13.3 Å². The van der Waals surface area contributed by atoms with Crippen molar-refractivity contribution in [3.63, 3.8) is 0 Å². The molecule has 40 heavy (non-hydrogen) atoms. The molecule has 5 rings (SSSR count). The monoisotopic (exact) mass is 583 g/mol. The average molecular weight is 584 g/mol. The first-order valence-electron chi connectivity index (χ1n) is 13.4. The van der Waals surface area contributed by atoms with E-state index in [1.807, 2.05) is 54.2 Å². The molecule has 0 spiro atoms. The van der Waals surface area contributed by atoms with Crippen LogP contribution in [0.4, 0.5) is 14.6 Å². The first kappa shape index (κ1) is 28.3. The molecular weight excluding hydrogens is 552 g/mol. The van der Waals surface area contributed by atoms with Crippen molar-refractivity contribution in [2.75, 3.05) is 26.1 Å². The third-order valence-electron chi connectivity index (χ3n) is 7.72. The van der Waals surface area contributed by atoms with Gasteiger partial charge in [-0.2, -0.15) is 0 Å². The quantitative estimate of drug-likeness (QED) is 0.220. The molecule has 0 radical (unpaired) electrons. The van der Waals surface area contributed by atoms with Crippen LogP contribution in [0.25, 0.3) is 21.2 Å². The Morgan fingerprint density at radius 2 is 1.75 bits per heavy atom. The van der Waals surface area contributed by atoms with Crippen LogP contribution in [0.15, 0.2) is 48.7 Å². The molecule has 1 aliphatic carbocycles. The number of halogens is 3. The molecule has 1 saturated carbocycles. The Morgan fingerprint density at radius 1 is 1.05 bits per heavy atom. The van der Waals surface area contributed by atoms with E-state index >= 15 is 0 Å². The average Bonchev–Trinajstić information content (AvgIpc) is 3.32. The van der Waals surface area contributed by atoms with E-state index in [1.165, 1.54) is 0 Å². The maximum absolute atomic E-state index is 14.6. The van der Waals surface area contributed by atoms with Gasteiger partial charge >= 0.3 is 0 Å². The van der Waals surface area contributed by atoms with Crippen molar-refractivity contribution in [3.05, 3.63) is 75.8 Å². The largest absolute Gasteiger partial charge is 0.496 e. The lowest BCUT2D eigenvalue weighted by molar-refractivity contribution is 0.0597. The summed E-state index contributed by atoms with van der Waals surface area (Å²) in [7, 11) is 5.49. The molecule has 5 nitrogen and oxygen atoms in total. The Morgan fingerprint density at radius 3 is 2.42 bits per heavy atom. The number of carbonyl (C=O) groups excluding carboxylic acids is 1. The van der Waals surface area contributed by atoms with Crippen molar-refractivity contribution in [1.29, 1.82) is 0 Å². The molecule has 0 saturated heterocycles. The SMILES string of the molecule is COc1ccc(-c2ccnc(N(C)C)c2)cc1CN(C(=O)c1sc2c(F)ccc(F)c2c1Cl)C1CCC(C)CC1. The third kappa shape index (κ3) is 5.52. The van der Waals surface area contributed by atoms with Crippen LogP contribution in [0.2, 0.25) is 5.02 Å². The van der Waals surface area contributed by atoms with Crippen molar-refractivity contribution in [1.82, 2.24) is 9.88 Å². The number of hydrogen-bond acceptors (Lipinski definition) is 5. The Kier molecular flexibility index (Phi) is 8.29. The normalized spacial score (nSPS) is 17.2. The molecule has 210 valence electrons. The molecular formula is C31H32ClF2N3O2S. The zero-order valence-electron chi connectivity index (χ0n) is 23.0. The summed E-state index contributed by atoms with van der Waals surface area (Å²) in [6.45, 7) is 2.50. The highest BCUT2D eigenvalue weighted by atomic mass is 35.5. The number of carbonyl (C=O) groups is 1. The minimum Gasteiger partial charge on any atom is -0.496 e. The fraction of sp³-hybridized carbons (Fsp3) is 0.355. The maximum atomic E-state index is 14.6. The lowest BCUT2D eigenvalue weighted by Gasteiger charge is -2.36. The number of amides is 1. The van der Waals surface area contributed by atoms with E-state index in [0.717, 1.165) is 71.7 Å². The number of rotatable bonds is 7. The lowest BCUT2D eigenvalue weighted by atomic mass is 9.86. The van der Waals surface area contributed by atoms with Gasteiger partial charge in [-0.15, -0.1) is 11.3 Å². The number of nitrogens with zero attached hydrogens (tertiary/aromatic N) is 3. The number of fused-ring (bicyclic) bond motifs is 1. The van der Waals surface area contributed by atoms with Crippen LogP contribution >= 0.6 is 22.9 Å². The van der Waals surface area contributed by atoms with Gasteiger partial charge in [0.1, 0.15) is 28.1 Å². The van der Waals surface area contributed by atoms with Crippen LogP contribution < -0.4 is 9.64 Å². The van der Waals surface area contributed by atoms with Crippen molar-refractivity contribution in [2.45, 2.75) is 45.2 Å². The molecule has 0 bridgehead atoms. The van der Waals surface area contributed by atoms with Gasteiger partial charge in [0, 0.05) is 38.4 Å². The van der Waals surface area contributed by atoms with Gasteiger partial charge < -0.3 is 14.5 Å². The van der Waals surface area contributed by atoms with Crippen LogP contribution in [-0.2, 0) is 6.54 Å². The smallest absolute Gasteiger partial charge is 0.266 e. The fourth-order valence-electron chi connectivity index (χ4n) is 5.39. The Hall–Kier alpha value is -3.23. The summed E-state index contributed by atoms with van der Waals surface area (Å²) in [5, 5.41) is -0.0777. The number of hydrogen-bond donors (Lipinski definition) is 0. The Balaban J connectivity index is 1.56. The molecule has 0 atom stereocenters. The van der Waals surface area contributed by atoms with Crippen molar-refractivity contribution in [3.8, 4) is 16.9 Å². The molecule has 2 heterocycles. The van der Waals surface area contributed by atoms with Gasteiger partial charge in [-0.3, -0.25) is 4.79 Å². The van der Waals surface area contributed by atoms with Crippen LogP contribution in [0.5, 0.6) is 5.75 Å². The molecule has 1 aliphatic rings. The predicted octanol–water partition coefficient (Wildman–Crippen LogP) is 8.19. The molecule has 2 aromatic carbocycles. The van der Waals surface area contributed by atoms with E-state index in [9.17, 15) is 13.6 Å². The number of benzene rings is 2. The third-order valence-corrected chi connectivity index (χ3v) is 9.40. The molecule has 0 N–H and O–H groups in total. The summed E-state index contributed by atoms with van der Waals surface area (Å²) < 4.78 is 35.0. The maximum Gasteiger partial charge on any atom is 0.266 e. The van der Waals surface area contributed by atoms with E-state index in [0.29, 0.717) is 11.7 Å². The van der Waals surface area contributed by atoms with Crippen LogP contribution in [0, 0.1) is 17.6 Å². The number of pyridine rings is 1. The molecule has 1 fully saturated rings. The van der Waals surface area contributed by atoms with Crippen molar-refractivity contribution in [2.24, 2.45) is 5.92 Å². The minimum absolute atomic E-state index is 0.0331. The Bertz CT molecular complexity index is 1550. The van der Waals surface area contributed by atoms with Gasteiger partial charge in [0.25, 0.3) is 5.91 Å². The highest BCUT2D eigenvalue weighted by Crippen LogP contribution is 2.41. The summed E-state index contributed by atoms with van der Waals surface area (Å²) in [5.41, 5.74) is 2.80. The summed E-state index contributed by atoms with van der Waals surface area (Å²) >= 11 is 7.47. The molecule has 1 amide bonds. The van der Waals surface area contributed by atoms with E-state index < -0.39 is 11.6 Å². The Labute approximate surface area is 242 Å². The second kappa shape index (κ2) is 11.7. The minimum atomic E-state index is -0.640. The van der Waals surface area contributed by atoms with Gasteiger partial charge in [0.15, 0.2) is 0 Å². The van der Waals surface area contributed by atoms with Crippen LogP contribution in [0.3, 0.4) is 0 Å². The predicted molar refractivity (Wildman–Crippen MR) is 159 cm³/mol. The highest BCUT2D eigenvalue weighted by molar-refractivity contribution is 7.21. The van der Waals surface area contributed by atoms with Gasteiger partial charge in [-0.1, -0.05) is 24.6 Å². The zero-order valence-corrected chi connectivity index (χ0v) is 24.6. The van der Waals surface area contributed by atoms with E-state index in [4.69, 9.17) is 16.3 Å². The molecule has 4 aromatic rings. The van der Waals surface area contributed by atoms with E-state index in [2.05, 4.69) is 11.9 Å². The number of methoxy groups -OCH3 is 1. The summed E-state index contributed by atoms with van der Waals surface area (Å²) in [5.74, 6) is 0.521. The first-order chi connectivity index (χ1) is 19.2. The van der Waals surface area contributed by atoms with Gasteiger partial charge in [0.05, 0.1) is 22.2 Å². The summed E-state index contributed by atoms with van der Waals surface area (Å²) in [4.78, 5) is 22.5. The van der Waals surface area contributed by atoms with Gasteiger partial charge in [-0.05, 0) is 79.1 Å².